The molecule has 3 aromatic heterocycles. The number of nitrogens with one attached hydrogen (secondary N) is 2. The Morgan fingerprint density at radius 1 is 1.17 bits per heavy atom. The van der Waals surface area contributed by atoms with Crippen molar-refractivity contribution >= 4 is 28.5 Å². The van der Waals surface area contributed by atoms with E-state index in [1.807, 2.05) is 10.6 Å². The van der Waals surface area contributed by atoms with Crippen molar-refractivity contribution in [2.24, 2.45) is 0 Å². The van der Waals surface area contributed by atoms with Crippen molar-refractivity contribution in [3.05, 3.63) is 66.0 Å². The number of rotatable bonds is 5. The van der Waals surface area contributed by atoms with Gasteiger partial charge in [-0.1, -0.05) is 0 Å². The number of hydrogen-bond acceptors (Lipinski definition) is 5. The molecule has 0 amide bonds. The largest absolute Gasteiger partial charge is 0.467 e. The third-order valence-corrected chi connectivity index (χ3v) is 4.31. The van der Waals surface area contributed by atoms with E-state index in [0.29, 0.717) is 41.4 Å². The number of hydrogen-bond donors (Lipinski definition) is 2. The topological polar surface area (TPSA) is 67.9 Å². The predicted octanol–water partition coefficient (Wildman–Crippen LogP) is 5.02. The fourth-order valence-electron chi connectivity index (χ4n) is 2.94. The molecule has 0 radical (unpaired) electrons. The number of furan rings is 1. The summed E-state index contributed by atoms with van der Waals surface area (Å²) in [7, 11) is 1.71. The van der Waals surface area contributed by atoms with Gasteiger partial charge in [0.15, 0.2) is 0 Å². The summed E-state index contributed by atoms with van der Waals surface area (Å²) >= 11 is 0. The Bertz CT molecular complexity index is 1150. The van der Waals surface area contributed by atoms with Crippen LogP contribution in [0.4, 0.5) is 35.0 Å². The number of nitrogens with zero attached hydrogens (tertiary/aromatic N) is 3. The molecule has 0 bridgehead atoms. The summed E-state index contributed by atoms with van der Waals surface area (Å²) in [6.07, 6.45) is -1.56. The summed E-state index contributed by atoms with van der Waals surface area (Å²) < 4.78 is 60.0. The van der Waals surface area contributed by atoms with Crippen LogP contribution in [0.1, 0.15) is 11.3 Å². The van der Waals surface area contributed by atoms with E-state index in [4.69, 9.17) is 4.42 Å². The van der Waals surface area contributed by atoms with Crippen molar-refractivity contribution in [2.75, 3.05) is 17.7 Å². The maximum atomic E-state index is 14.0. The summed E-state index contributed by atoms with van der Waals surface area (Å²) in [5.41, 5.74) is -0.0629. The maximum Gasteiger partial charge on any atom is 0.416 e. The lowest BCUT2D eigenvalue weighted by molar-refractivity contribution is -0.137. The Labute approximate surface area is 162 Å². The molecule has 0 aliphatic carbocycles. The summed E-state index contributed by atoms with van der Waals surface area (Å²) in [4.78, 5) is 8.56. The Morgan fingerprint density at radius 3 is 2.69 bits per heavy atom. The SMILES string of the molecule is CNc1nc2cnc(Nc3cc(C(F)(F)F)ccc3F)cc2n1Cc1ccco1. The summed E-state index contributed by atoms with van der Waals surface area (Å²) in [6.45, 7) is 0.376. The fraction of sp³-hybridized carbons (Fsp3) is 0.158. The lowest BCUT2D eigenvalue weighted by Gasteiger charge is -2.12. The van der Waals surface area contributed by atoms with Crippen LogP contribution in [0.3, 0.4) is 0 Å². The van der Waals surface area contributed by atoms with Gasteiger partial charge in [0.1, 0.15) is 22.9 Å². The van der Waals surface area contributed by atoms with Crippen molar-refractivity contribution in [2.45, 2.75) is 12.7 Å². The quantitative estimate of drug-likeness (QED) is 0.457. The van der Waals surface area contributed by atoms with Crippen LogP contribution in [0.5, 0.6) is 0 Å². The molecule has 29 heavy (non-hydrogen) atoms. The summed E-state index contributed by atoms with van der Waals surface area (Å²) in [5, 5.41) is 5.60. The first-order valence-electron chi connectivity index (χ1n) is 8.55. The van der Waals surface area contributed by atoms with Crippen LogP contribution in [0.2, 0.25) is 0 Å². The van der Waals surface area contributed by atoms with Crippen LogP contribution in [0.15, 0.2) is 53.3 Å². The number of fused-ring (bicyclic) bond motifs is 1. The average molecular weight is 405 g/mol. The molecule has 0 fully saturated rings. The molecule has 3 heterocycles. The van der Waals surface area contributed by atoms with Gasteiger partial charge in [0, 0.05) is 13.1 Å². The Kier molecular flexibility index (Phi) is 4.61. The Morgan fingerprint density at radius 2 is 2.00 bits per heavy atom. The van der Waals surface area contributed by atoms with Crippen molar-refractivity contribution in [3.8, 4) is 0 Å². The highest BCUT2D eigenvalue weighted by Crippen LogP contribution is 2.33. The average Bonchev–Trinajstić information content (AvgIpc) is 3.31. The standard InChI is InChI=1S/C19H15F4N5O/c1-24-18-27-15-9-25-17(8-16(15)28(18)10-12-3-2-6-29-12)26-14-7-11(19(21,22)23)4-5-13(14)20/h2-9H,10H2,1H3,(H,24,27)(H,25,26). The Balaban J connectivity index is 1.72. The second kappa shape index (κ2) is 7.12. The molecule has 0 saturated heterocycles. The number of alkyl halides is 3. The molecule has 0 aliphatic rings. The van der Waals surface area contributed by atoms with E-state index in [1.54, 1.807) is 25.4 Å². The number of halogens is 4. The van der Waals surface area contributed by atoms with Gasteiger partial charge in [0.25, 0.3) is 0 Å². The molecule has 0 spiro atoms. The molecule has 1 aromatic carbocycles. The highest BCUT2D eigenvalue weighted by atomic mass is 19.4. The van der Waals surface area contributed by atoms with Gasteiger partial charge in [-0.05, 0) is 30.3 Å². The fourth-order valence-corrected chi connectivity index (χ4v) is 2.94. The van der Waals surface area contributed by atoms with Gasteiger partial charge in [-0.15, -0.1) is 0 Å². The van der Waals surface area contributed by atoms with Crippen LogP contribution in [-0.4, -0.2) is 21.6 Å². The molecule has 2 N–H and O–H groups in total. The number of aromatic nitrogens is 3. The number of benzene rings is 1. The minimum atomic E-state index is -4.58. The first kappa shape index (κ1) is 18.8. The first-order valence-corrected chi connectivity index (χ1v) is 8.55. The molecule has 0 atom stereocenters. The zero-order valence-corrected chi connectivity index (χ0v) is 15.1. The third-order valence-electron chi connectivity index (χ3n) is 4.31. The van der Waals surface area contributed by atoms with Crippen LogP contribution in [-0.2, 0) is 12.7 Å². The molecular weight excluding hydrogens is 390 g/mol. The third kappa shape index (κ3) is 3.73. The van der Waals surface area contributed by atoms with Crippen LogP contribution < -0.4 is 10.6 Å². The van der Waals surface area contributed by atoms with Gasteiger partial charge in [0.05, 0.1) is 35.8 Å². The van der Waals surface area contributed by atoms with E-state index in [1.165, 1.54) is 6.20 Å². The first-order chi connectivity index (χ1) is 13.8. The van der Waals surface area contributed by atoms with Crippen molar-refractivity contribution in [1.29, 1.82) is 0 Å². The van der Waals surface area contributed by atoms with E-state index in [-0.39, 0.29) is 11.5 Å². The predicted molar refractivity (Wildman–Crippen MR) is 99.6 cm³/mol. The highest BCUT2D eigenvalue weighted by Gasteiger charge is 2.31. The van der Waals surface area contributed by atoms with Crippen molar-refractivity contribution in [1.82, 2.24) is 14.5 Å². The molecule has 0 unspecified atom stereocenters. The maximum absolute atomic E-state index is 14.0. The van der Waals surface area contributed by atoms with Crippen molar-refractivity contribution < 1.29 is 22.0 Å². The monoisotopic (exact) mass is 405 g/mol. The van der Waals surface area contributed by atoms with Gasteiger partial charge in [-0.25, -0.2) is 14.4 Å². The highest BCUT2D eigenvalue weighted by molar-refractivity contribution is 5.81. The number of anilines is 3. The summed E-state index contributed by atoms with van der Waals surface area (Å²) in [6, 6.07) is 7.33. The molecular formula is C19H15F4N5O. The molecule has 4 aromatic rings. The van der Waals surface area contributed by atoms with Gasteiger partial charge < -0.3 is 19.6 Å². The van der Waals surface area contributed by atoms with Gasteiger partial charge in [-0.2, -0.15) is 13.2 Å². The van der Waals surface area contributed by atoms with E-state index in [2.05, 4.69) is 20.6 Å². The molecule has 0 saturated carbocycles. The normalized spacial score (nSPS) is 11.8. The minimum Gasteiger partial charge on any atom is -0.467 e. The molecule has 0 aliphatic heterocycles. The second-order valence-corrected chi connectivity index (χ2v) is 6.23. The Hall–Kier alpha value is -3.56. The molecule has 10 heteroatoms. The zero-order valence-electron chi connectivity index (χ0n) is 15.1. The molecule has 6 nitrogen and oxygen atoms in total. The van der Waals surface area contributed by atoms with Crippen LogP contribution >= 0.6 is 0 Å². The number of imidazole rings is 1. The smallest absolute Gasteiger partial charge is 0.416 e. The van der Waals surface area contributed by atoms with E-state index >= 15 is 0 Å². The lowest BCUT2D eigenvalue weighted by Crippen LogP contribution is -2.07. The van der Waals surface area contributed by atoms with E-state index in [9.17, 15) is 17.6 Å². The van der Waals surface area contributed by atoms with Gasteiger partial charge in [0.2, 0.25) is 5.95 Å². The van der Waals surface area contributed by atoms with E-state index < -0.39 is 17.6 Å². The van der Waals surface area contributed by atoms with Crippen molar-refractivity contribution in [3.63, 3.8) is 0 Å². The van der Waals surface area contributed by atoms with Crippen LogP contribution in [0, 0.1) is 5.82 Å². The second-order valence-electron chi connectivity index (χ2n) is 6.23. The van der Waals surface area contributed by atoms with Gasteiger partial charge >= 0.3 is 6.18 Å². The zero-order chi connectivity index (χ0) is 20.6. The summed E-state index contributed by atoms with van der Waals surface area (Å²) in [5.74, 6) is 0.607. The van der Waals surface area contributed by atoms with Gasteiger partial charge in [-0.3, -0.25) is 0 Å². The molecule has 150 valence electrons. The van der Waals surface area contributed by atoms with Crippen LogP contribution in [0.25, 0.3) is 11.0 Å². The van der Waals surface area contributed by atoms with E-state index in [0.717, 1.165) is 6.07 Å². The molecule has 4 rings (SSSR count). The lowest BCUT2D eigenvalue weighted by atomic mass is 10.2. The number of pyridine rings is 1. The minimum absolute atomic E-state index is 0.180.